The van der Waals surface area contributed by atoms with Crippen molar-refractivity contribution >= 4 is 39.9 Å². The Balaban J connectivity index is 1.85. The Morgan fingerprint density at radius 2 is 1.67 bits per heavy atom. The summed E-state index contributed by atoms with van der Waals surface area (Å²) in [5, 5.41) is 3.06. The number of nitrogens with zero attached hydrogens (tertiary/aromatic N) is 1. The van der Waals surface area contributed by atoms with E-state index in [1.54, 1.807) is 0 Å². The Kier molecular flexibility index (Phi) is 4.43. The van der Waals surface area contributed by atoms with Gasteiger partial charge in [-0.1, -0.05) is 24.3 Å². The summed E-state index contributed by atoms with van der Waals surface area (Å²) in [6, 6.07) is 15.7. The van der Waals surface area contributed by atoms with Crippen LogP contribution in [0.15, 0.2) is 48.5 Å². The van der Waals surface area contributed by atoms with Crippen LogP contribution in [0.25, 0.3) is 0 Å². The third-order valence-electron chi connectivity index (χ3n) is 3.72. The van der Waals surface area contributed by atoms with Gasteiger partial charge in [-0.25, -0.2) is 0 Å². The van der Waals surface area contributed by atoms with E-state index in [9.17, 15) is 4.79 Å². The monoisotopic (exact) mass is 392 g/mol. The van der Waals surface area contributed by atoms with E-state index < -0.39 is 0 Å². The minimum atomic E-state index is -0.0494. The zero-order chi connectivity index (χ0) is 14.7. The summed E-state index contributed by atoms with van der Waals surface area (Å²) in [5.41, 5.74) is 2.73. The first kappa shape index (κ1) is 14.4. The molecule has 4 heteroatoms. The molecule has 0 atom stereocenters. The van der Waals surface area contributed by atoms with Crippen molar-refractivity contribution in [1.29, 1.82) is 0 Å². The zero-order valence-corrected chi connectivity index (χ0v) is 13.8. The van der Waals surface area contributed by atoms with Gasteiger partial charge in [0.15, 0.2) is 0 Å². The fraction of sp³-hybridized carbons (Fsp3) is 0.235. The molecular formula is C17H17IN2O. The molecule has 21 heavy (non-hydrogen) atoms. The molecule has 1 fully saturated rings. The highest BCUT2D eigenvalue weighted by Gasteiger charge is 2.17. The molecule has 1 N–H and O–H groups in total. The van der Waals surface area contributed by atoms with E-state index in [2.05, 4.69) is 38.9 Å². The summed E-state index contributed by atoms with van der Waals surface area (Å²) in [5.74, 6) is -0.0494. The number of carbonyl (C=O) groups excluding carboxylic acids is 1. The maximum Gasteiger partial charge on any atom is 0.256 e. The molecular weight excluding hydrogens is 375 g/mol. The molecule has 1 aliphatic rings. The lowest BCUT2D eigenvalue weighted by Crippen LogP contribution is -2.21. The predicted molar refractivity (Wildman–Crippen MR) is 95.0 cm³/mol. The second-order valence-electron chi connectivity index (χ2n) is 5.15. The molecule has 0 saturated carbocycles. The number of benzene rings is 2. The lowest BCUT2D eigenvalue weighted by molar-refractivity contribution is 0.102. The van der Waals surface area contributed by atoms with E-state index in [1.807, 2.05) is 42.5 Å². The van der Waals surface area contributed by atoms with Gasteiger partial charge in [0.25, 0.3) is 5.91 Å². The molecule has 1 heterocycles. The Morgan fingerprint density at radius 3 is 2.43 bits per heavy atom. The summed E-state index contributed by atoms with van der Waals surface area (Å²) in [6.07, 6.45) is 2.44. The van der Waals surface area contributed by atoms with E-state index in [4.69, 9.17) is 0 Å². The smallest absolute Gasteiger partial charge is 0.256 e. The van der Waals surface area contributed by atoms with Crippen LogP contribution in [0.1, 0.15) is 23.2 Å². The molecule has 2 aromatic carbocycles. The number of nitrogens with one attached hydrogen (secondary N) is 1. The summed E-state index contributed by atoms with van der Waals surface area (Å²) >= 11 is 2.19. The first-order valence-electron chi connectivity index (χ1n) is 7.15. The highest BCUT2D eigenvalue weighted by molar-refractivity contribution is 14.1. The molecule has 0 spiro atoms. The predicted octanol–water partition coefficient (Wildman–Crippen LogP) is 4.14. The highest BCUT2D eigenvalue weighted by Crippen LogP contribution is 2.29. The van der Waals surface area contributed by atoms with Crippen LogP contribution in [-0.4, -0.2) is 19.0 Å². The number of hydrogen-bond donors (Lipinski definition) is 1. The minimum absolute atomic E-state index is 0.0494. The summed E-state index contributed by atoms with van der Waals surface area (Å²) in [6.45, 7) is 2.13. The molecule has 0 unspecified atom stereocenters. The average molecular weight is 392 g/mol. The Morgan fingerprint density at radius 1 is 1.00 bits per heavy atom. The van der Waals surface area contributed by atoms with Gasteiger partial charge in [-0.2, -0.15) is 0 Å². The summed E-state index contributed by atoms with van der Waals surface area (Å²) in [7, 11) is 0. The molecule has 1 amide bonds. The molecule has 0 radical (unpaired) electrons. The number of halogens is 1. The van der Waals surface area contributed by atoms with Crippen LogP contribution in [0.2, 0.25) is 0 Å². The third-order valence-corrected chi connectivity index (χ3v) is 4.66. The third kappa shape index (κ3) is 3.20. The number of para-hydroxylation sites is 2. The van der Waals surface area contributed by atoms with Gasteiger partial charge in [0, 0.05) is 16.7 Å². The standard InChI is InChI=1S/C17H17IN2O/c18-14-8-2-1-7-13(14)17(21)19-15-9-3-4-10-16(15)20-11-5-6-12-20/h1-4,7-10H,5-6,11-12H2,(H,19,21). The van der Waals surface area contributed by atoms with Gasteiger partial charge in [-0.05, 0) is 59.7 Å². The second kappa shape index (κ2) is 6.47. The fourth-order valence-corrected chi connectivity index (χ4v) is 3.28. The minimum Gasteiger partial charge on any atom is -0.370 e. The van der Waals surface area contributed by atoms with E-state index in [-0.39, 0.29) is 5.91 Å². The first-order valence-corrected chi connectivity index (χ1v) is 8.23. The van der Waals surface area contributed by atoms with Crippen LogP contribution >= 0.6 is 22.6 Å². The SMILES string of the molecule is O=C(Nc1ccccc1N1CCCC1)c1ccccc1I. The highest BCUT2D eigenvalue weighted by atomic mass is 127. The normalized spacial score (nSPS) is 14.2. The van der Waals surface area contributed by atoms with E-state index in [0.717, 1.165) is 28.0 Å². The molecule has 3 rings (SSSR count). The van der Waals surface area contributed by atoms with E-state index >= 15 is 0 Å². The van der Waals surface area contributed by atoms with E-state index in [0.29, 0.717) is 5.56 Å². The molecule has 1 aliphatic heterocycles. The van der Waals surface area contributed by atoms with Gasteiger partial charge < -0.3 is 10.2 Å². The Hall–Kier alpha value is -1.56. The van der Waals surface area contributed by atoms with Crippen LogP contribution < -0.4 is 10.2 Å². The van der Waals surface area contributed by atoms with Crippen molar-refractivity contribution in [3.8, 4) is 0 Å². The molecule has 108 valence electrons. The maximum atomic E-state index is 12.5. The molecule has 0 aliphatic carbocycles. The molecule has 2 aromatic rings. The van der Waals surface area contributed by atoms with Gasteiger partial charge in [-0.3, -0.25) is 4.79 Å². The average Bonchev–Trinajstić information content (AvgIpc) is 3.02. The number of rotatable bonds is 3. The maximum absolute atomic E-state index is 12.5. The quantitative estimate of drug-likeness (QED) is 0.797. The first-order chi connectivity index (χ1) is 10.3. The van der Waals surface area contributed by atoms with Gasteiger partial charge >= 0.3 is 0 Å². The largest absolute Gasteiger partial charge is 0.370 e. The van der Waals surface area contributed by atoms with Crippen molar-refractivity contribution in [3.63, 3.8) is 0 Å². The lowest BCUT2D eigenvalue weighted by Gasteiger charge is -2.21. The van der Waals surface area contributed by atoms with Crippen molar-refractivity contribution in [2.75, 3.05) is 23.3 Å². The number of hydrogen-bond acceptors (Lipinski definition) is 2. The van der Waals surface area contributed by atoms with Crippen LogP contribution in [0.5, 0.6) is 0 Å². The van der Waals surface area contributed by atoms with Crippen LogP contribution in [0.4, 0.5) is 11.4 Å². The van der Waals surface area contributed by atoms with Crippen molar-refractivity contribution in [1.82, 2.24) is 0 Å². The van der Waals surface area contributed by atoms with Crippen molar-refractivity contribution < 1.29 is 4.79 Å². The van der Waals surface area contributed by atoms with Crippen molar-refractivity contribution in [2.45, 2.75) is 12.8 Å². The molecule has 0 bridgehead atoms. The van der Waals surface area contributed by atoms with Crippen molar-refractivity contribution in [3.05, 3.63) is 57.7 Å². The van der Waals surface area contributed by atoms with Gasteiger partial charge in [-0.15, -0.1) is 0 Å². The Bertz CT molecular complexity index is 651. The number of amides is 1. The lowest BCUT2D eigenvalue weighted by atomic mass is 10.2. The molecule has 1 saturated heterocycles. The van der Waals surface area contributed by atoms with Crippen molar-refractivity contribution in [2.24, 2.45) is 0 Å². The fourth-order valence-electron chi connectivity index (χ4n) is 2.65. The van der Waals surface area contributed by atoms with Gasteiger partial charge in [0.05, 0.1) is 16.9 Å². The second-order valence-corrected chi connectivity index (χ2v) is 6.31. The number of carbonyl (C=O) groups is 1. The topological polar surface area (TPSA) is 32.3 Å². The molecule has 0 aromatic heterocycles. The van der Waals surface area contributed by atoms with Crippen LogP contribution in [0.3, 0.4) is 0 Å². The summed E-state index contributed by atoms with van der Waals surface area (Å²) < 4.78 is 0.964. The zero-order valence-electron chi connectivity index (χ0n) is 11.7. The molecule has 3 nitrogen and oxygen atoms in total. The van der Waals surface area contributed by atoms with Crippen LogP contribution in [-0.2, 0) is 0 Å². The van der Waals surface area contributed by atoms with Gasteiger partial charge in [0.2, 0.25) is 0 Å². The summed E-state index contributed by atoms with van der Waals surface area (Å²) in [4.78, 5) is 14.8. The van der Waals surface area contributed by atoms with Gasteiger partial charge in [0.1, 0.15) is 0 Å². The number of anilines is 2. The Labute approximate surface area is 138 Å². The van der Waals surface area contributed by atoms with Crippen LogP contribution in [0, 0.1) is 3.57 Å². The van der Waals surface area contributed by atoms with E-state index in [1.165, 1.54) is 12.8 Å².